The van der Waals surface area contributed by atoms with Crippen molar-refractivity contribution in [3.8, 4) is 0 Å². The molecule has 0 spiro atoms. The summed E-state index contributed by atoms with van der Waals surface area (Å²) in [5, 5.41) is 9.63. The summed E-state index contributed by atoms with van der Waals surface area (Å²) < 4.78 is 22.7. The second-order valence-electron chi connectivity index (χ2n) is 17.1. The molecular formula is C47H90NO8+. The number of likely N-dealkylation sites (N-methyl/N-ethyl adjacent to an activating group) is 1. The minimum absolute atomic E-state index is 0.180. The van der Waals surface area contributed by atoms with Gasteiger partial charge in [-0.15, -0.1) is 0 Å². The third-order valence-electron chi connectivity index (χ3n) is 10.3. The summed E-state index contributed by atoms with van der Waals surface area (Å²) in [4.78, 5) is 37.1. The predicted molar refractivity (Wildman–Crippen MR) is 231 cm³/mol. The number of carbonyl (C=O) groups is 3. The van der Waals surface area contributed by atoms with Gasteiger partial charge in [0, 0.05) is 12.8 Å². The van der Waals surface area contributed by atoms with Crippen molar-refractivity contribution in [3.05, 3.63) is 12.2 Å². The van der Waals surface area contributed by atoms with E-state index in [4.69, 9.17) is 18.9 Å². The van der Waals surface area contributed by atoms with Crippen molar-refractivity contribution in [2.45, 2.75) is 225 Å². The van der Waals surface area contributed by atoms with Crippen LogP contribution in [0.3, 0.4) is 0 Å². The highest BCUT2D eigenvalue weighted by Crippen LogP contribution is 2.15. The molecule has 56 heavy (non-hydrogen) atoms. The highest BCUT2D eigenvalue weighted by atomic mass is 16.7. The van der Waals surface area contributed by atoms with Crippen LogP contribution in [-0.4, -0.2) is 87.4 Å². The first kappa shape index (κ1) is 54.0. The summed E-state index contributed by atoms with van der Waals surface area (Å²) in [5.74, 6) is -2.00. The second-order valence-corrected chi connectivity index (χ2v) is 17.1. The van der Waals surface area contributed by atoms with Crippen LogP contribution in [0.2, 0.25) is 0 Å². The number of quaternary nitrogens is 1. The molecule has 1 N–H and O–H groups in total. The van der Waals surface area contributed by atoms with Crippen LogP contribution in [0, 0.1) is 0 Å². The van der Waals surface area contributed by atoms with Crippen LogP contribution in [-0.2, 0) is 33.3 Å². The van der Waals surface area contributed by atoms with Gasteiger partial charge in [0.2, 0.25) is 0 Å². The van der Waals surface area contributed by atoms with E-state index in [2.05, 4.69) is 26.0 Å². The maximum atomic E-state index is 12.7. The van der Waals surface area contributed by atoms with Crippen LogP contribution in [0.25, 0.3) is 0 Å². The van der Waals surface area contributed by atoms with Gasteiger partial charge in [0.1, 0.15) is 13.2 Å². The monoisotopic (exact) mass is 797 g/mol. The number of allylic oxidation sites excluding steroid dienone is 2. The average Bonchev–Trinajstić information content (AvgIpc) is 3.15. The zero-order valence-corrected chi connectivity index (χ0v) is 37.3. The van der Waals surface area contributed by atoms with Crippen LogP contribution in [0.4, 0.5) is 0 Å². The van der Waals surface area contributed by atoms with Crippen molar-refractivity contribution in [1.29, 1.82) is 0 Å². The quantitative estimate of drug-likeness (QED) is 0.0214. The van der Waals surface area contributed by atoms with Gasteiger partial charge in [0.05, 0.1) is 34.4 Å². The number of nitrogens with zero attached hydrogens (tertiary/aromatic N) is 1. The minimum Gasteiger partial charge on any atom is -0.477 e. The largest absolute Gasteiger partial charge is 0.477 e. The van der Waals surface area contributed by atoms with Crippen LogP contribution >= 0.6 is 0 Å². The molecule has 0 aliphatic rings. The number of carboxylic acid groups (broad SMARTS) is 1. The molecule has 330 valence electrons. The lowest BCUT2D eigenvalue weighted by atomic mass is 10.0. The lowest BCUT2D eigenvalue weighted by Crippen LogP contribution is -2.40. The van der Waals surface area contributed by atoms with Gasteiger partial charge in [-0.3, -0.25) is 9.59 Å². The van der Waals surface area contributed by atoms with Gasteiger partial charge in [-0.2, -0.15) is 0 Å². The number of unbranched alkanes of at least 4 members (excludes halogenated alkanes) is 26. The van der Waals surface area contributed by atoms with Crippen molar-refractivity contribution in [1.82, 2.24) is 0 Å². The normalized spacial score (nSPS) is 12.9. The van der Waals surface area contributed by atoms with Gasteiger partial charge < -0.3 is 28.5 Å². The molecule has 0 aromatic heterocycles. The van der Waals surface area contributed by atoms with Crippen molar-refractivity contribution < 1.29 is 42.9 Å². The van der Waals surface area contributed by atoms with Crippen LogP contribution in [0.15, 0.2) is 12.2 Å². The zero-order valence-electron chi connectivity index (χ0n) is 37.3. The Kier molecular flexibility index (Phi) is 38.4. The standard InChI is InChI=1S/C47H89NO8/c1-6-8-10-12-14-16-18-20-22-23-24-26-27-29-31-33-35-37-44(49)54-41-43(42-55-47(46(51)52)53-40-39-48(3,4)5)56-45(50)38-36-34-32-30-28-25-21-19-17-15-13-11-9-7-2/h19,21,43,47H,6-18,20,22-42H2,1-5H3/p+1/b21-19-. The van der Waals surface area contributed by atoms with Crippen molar-refractivity contribution in [2.75, 3.05) is 47.5 Å². The fourth-order valence-electron chi connectivity index (χ4n) is 6.60. The molecule has 0 radical (unpaired) electrons. The Labute approximate surface area is 345 Å². The van der Waals surface area contributed by atoms with Gasteiger partial charge in [0.15, 0.2) is 6.10 Å². The second kappa shape index (κ2) is 39.8. The summed E-state index contributed by atoms with van der Waals surface area (Å²) in [6.45, 7) is 4.88. The smallest absolute Gasteiger partial charge is 0.361 e. The molecule has 0 aliphatic carbocycles. The molecule has 2 unspecified atom stereocenters. The number of esters is 2. The number of hydrogen-bond donors (Lipinski definition) is 1. The number of hydrogen-bond acceptors (Lipinski definition) is 7. The van der Waals surface area contributed by atoms with E-state index in [0.717, 1.165) is 51.4 Å². The molecule has 0 rings (SSSR count). The minimum atomic E-state index is -1.51. The summed E-state index contributed by atoms with van der Waals surface area (Å²) in [6.07, 6.45) is 38.4. The summed E-state index contributed by atoms with van der Waals surface area (Å²) in [5.41, 5.74) is 0. The summed E-state index contributed by atoms with van der Waals surface area (Å²) in [6, 6.07) is 0. The molecule has 0 bridgehead atoms. The number of aliphatic carboxylic acids is 1. The number of carboxylic acids is 1. The van der Waals surface area contributed by atoms with Gasteiger partial charge in [-0.05, 0) is 38.5 Å². The number of rotatable bonds is 43. The first-order valence-electron chi connectivity index (χ1n) is 23.4. The van der Waals surface area contributed by atoms with E-state index in [0.29, 0.717) is 23.9 Å². The number of ether oxygens (including phenoxy) is 4. The Bertz CT molecular complexity index is 934. The van der Waals surface area contributed by atoms with Crippen molar-refractivity contribution in [3.63, 3.8) is 0 Å². The molecule has 0 fully saturated rings. The Morgan fingerprint density at radius 3 is 1.32 bits per heavy atom. The van der Waals surface area contributed by atoms with Crippen molar-refractivity contribution in [2.24, 2.45) is 0 Å². The van der Waals surface area contributed by atoms with Gasteiger partial charge in [0.25, 0.3) is 6.29 Å². The maximum Gasteiger partial charge on any atom is 0.361 e. The van der Waals surface area contributed by atoms with E-state index in [1.807, 2.05) is 21.1 Å². The van der Waals surface area contributed by atoms with E-state index in [-0.39, 0.29) is 32.2 Å². The SMILES string of the molecule is CCCCCCC/C=C\CCCCCCCC(=O)OC(COC(=O)CCCCCCCCCCCCCCCCCCC)COC(OCC[N+](C)(C)C)C(=O)O. The topological polar surface area (TPSA) is 108 Å². The zero-order chi connectivity index (χ0) is 41.4. The molecule has 0 heterocycles. The van der Waals surface area contributed by atoms with E-state index >= 15 is 0 Å². The molecule has 9 nitrogen and oxygen atoms in total. The first-order valence-corrected chi connectivity index (χ1v) is 23.4. The Morgan fingerprint density at radius 1 is 0.518 bits per heavy atom. The maximum absolute atomic E-state index is 12.7. The fourth-order valence-corrected chi connectivity index (χ4v) is 6.60. The molecule has 0 amide bonds. The van der Waals surface area contributed by atoms with E-state index < -0.39 is 24.3 Å². The molecular weight excluding hydrogens is 707 g/mol. The highest BCUT2D eigenvalue weighted by Gasteiger charge is 2.25. The molecule has 2 atom stereocenters. The van der Waals surface area contributed by atoms with Gasteiger partial charge in [-0.1, -0.05) is 174 Å². The highest BCUT2D eigenvalue weighted by molar-refractivity contribution is 5.71. The Balaban J connectivity index is 4.38. The third kappa shape index (κ3) is 40.2. The Morgan fingerprint density at radius 2 is 0.911 bits per heavy atom. The summed E-state index contributed by atoms with van der Waals surface area (Å²) >= 11 is 0. The van der Waals surface area contributed by atoms with E-state index in [1.54, 1.807) is 0 Å². The molecule has 0 aromatic carbocycles. The molecule has 0 saturated carbocycles. The predicted octanol–water partition coefficient (Wildman–Crippen LogP) is 12.3. The molecule has 9 heteroatoms. The van der Waals surface area contributed by atoms with E-state index in [9.17, 15) is 19.5 Å². The average molecular weight is 797 g/mol. The number of carbonyl (C=O) groups excluding carboxylic acids is 2. The molecule has 0 saturated heterocycles. The summed E-state index contributed by atoms with van der Waals surface area (Å²) in [7, 11) is 5.96. The van der Waals surface area contributed by atoms with Crippen LogP contribution in [0.1, 0.15) is 213 Å². The molecule has 0 aromatic rings. The third-order valence-corrected chi connectivity index (χ3v) is 10.3. The molecule has 0 aliphatic heterocycles. The fraction of sp³-hybridized carbons (Fsp3) is 0.894. The lowest BCUT2D eigenvalue weighted by Gasteiger charge is -2.25. The van der Waals surface area contributed by atoms with Crippen LogP contribution in [0.5, 0.6) is 0 Å². The first-order chi connectivity index (χ1) is 27.1. The Hall–Kier alpha value is -1.97. The van der Waals surface area contributed by atoms with Crippen molar-refractivity contribution >= 4 is 17.9 Å². The van der Waals surface area contributed by atoms with Gasteiger partial charge >= 0.3 is 17.9 Å². The van der Waals surface area contributed by atoms with E-state index in [1.165, 1.54) is 128 Å². The lowest BCUT2D eigenvalue weighted by molar-refractivity contribution is -0.870. The van der Waals surface area contributed by atoms with Crippen LogP contribution < -0.4 is 0 Å². The van der Waals surface area contributed by atoms with Gasteiger partial charge in [-0.25, -0.2) is 4.79 Å².